The molecule has 1 aliphatic rings. The summed E-state index contributed by atoms with van der Waals surface area (Å²) >= 11 is 0. The second-order valence-electron chi connectivity index (χ2n) is 6.16. The molecule has 1 fully saturated rings. The second-order valence-corrected chi connectivity index (χ2v) is 6.16. The maximum Gasteiger partial charge on any atom is 0.239 e. The van der Waals surface area contributed by atoms with Crippen molar-refractivity contribution in [3.63, 3.8) is 0 Å². The molecule has 3 N–H and O–H groups in total. The predicted molar refractivity (Wildman–Crippen MR) is 80.9 cm³/mol. The van der Waals surface area contributed by atoms with Crippen molar-refractivity contribution < 1.29 is 19.1 Å². The van der Waals surface area contributed by atoms with Gasteiger partial charge >= 0.3 is 0 Å². The fourth-order valence-electron chi connectivity index (χ4n) is 2.73. The summed E-state index contributed by atoms with van der Waals surface area (Å²) in [6, 6.07) is 3.32. The molecule has 1 aromatic rings. The molecule has 0 spiro atoms. The van der Waals surface area contributed by atoms with E-state index in [0.29, 0.717) is 18.1 Å². The predicted octanol–water partition coefficient (Wildman–Crippen LogP) is 1.30. The second kappa shape index (κ2) is 7.45. The van der Waals surface area contributed by atoms with Crippen LogP contribution in [0, 0.1) is 5.92 Å². The molecular weight excluding hydrogens is 284 g/mol. The first-order valence-corrected chi connectivity index (χ1v) is 7.77. The Labute approximate surface area is 130 Å². The Morgan fingerprint density at radius 2 is 2.05 bits per heavy atom. The number of carbonyl (C=O) groups excluding carboxylic acids is 2. The Hall–Kier alpha value is -1.82. The Bertz CT molecular complexity index is 490. The van der Waals surface area contributed by atoms with Crippen LogP contribution in [0.15, 0.2) is 22.8 Å². The largest absolute Gasteiger partial charge is 0.466 e. The lowest BCUT2D eigenvalue weighted by molar-refractivity contribution is -0.127. The summed E-state index contributed by atoms with van der Waals surface area (Å²) in [6.07, 6.45) is 6.56. The molecule has 6 nitrogen and oxygen atoms in total. The highest BCUT2D eigenvalue weighted by atomic mass is 16.4. The Morgan fingerprint density at radius 1 is 1.32 bits per heavy atom. The summed E-state index contributed by atoms with van der Waals surface area (Å²) in [7, 11) is 0. The van der Waals surface area contributed by atoms with Crippen molar-refractivity contribution in [2.75, 3.05) is 13.1 Å². The van der Waals surface area contributed by atoms with E-state index in [1.165, 1.54) is 19.1 Å². The number of amides is 2. The SMILES string of the molecule is CC(O)(CNC(=O)CNC(=O)CC1CCCC1)c1ccco1. The lowest BCUT2D eigenvalue weighted by Crippen LogP contribution is -2.43. The smallest absolute Gasteiger partial charge is 0.239 e. The number of furan rings is 1. The first-order chi connectivity index (χ1) is 10.5. The summed E-state index contributed by atoms with van der Waals surface area (Å²) in [4.78, 5) is 23.5. The molecule has 0 radical (unpaired) electrons. The van der Waals surface area contributed by atoms with Gasteiger partial charge in [0, 0.05) is 6.42 Å². The molecular formula is C16H24N2O4. The molecule has 6 heteroatoms. The van der Waals surface area contributed by atoms with Gasteiger partial charge in [0.15, 0.2) is 0 Å². The van der Waals surface area contributed by atoms with Gasteiger partial charge in [-0.1, -0.05) is 12.8 Å². The van der Waals surface area contributed by atoms with Crippen LogP contribution in [0.2, 0.25) is 0 Å². The van der Waals surface area contributed by atoms with Crippen LogP contribution in [0.4, 0.5) is 0 Å². The molecule has 122 valence electrons. The highest BCUT2D eigenvalue weighted by molar-refractivity contribution is 5.84. The minimum Gasteiger partial charge on any atom is -0.466 e. The molecule has 2 amide bonds. The standard InChI is InChI=1S/C16H24N2O4/c1-16(21,13-7-4-8-22-13)11-18-15(20)10-17-14(19)9-12-5-2-3-6-12/h4,7-8,12,21H,2-3,5-6,9-11H2,1H3,(H,17,19)(H,18,20). The molecule has 1 heterocycles. The van der Waals surface area contributed by atoms with Gasteiger partial charge in [0.05, 0.1) is 19.4 Å². The van der Waals surface area contributed by atoms with Gasteiger partial charge in [-0.15, -0.1) is 0 Å². The first-order valence-electron chi connectivity index (χ1n) is 7.77. The summed E-state index contributed by atoms with van der Waals surface area (Å²) < 4.78 is 5.13. The van der Waals surface area contributed by atoms with Crippen LogP contribution >= 0.6 is 0 Å². The van der Waals surface area contributed by atoms with Crippen LogP contribution < -0.4 is 10.6 Å². The van der Waals surface area contributed by atoms with Crippen LogP contribution in [0.1, 0.15) is 44.8 Å². The van der Waals surface area contributed by atoms with Crippen molar-refractivity contribution in [2.45, 2.75) is 44.6 Å². The maximum atomic E-state index is 11.7. The highest BCUT2D eigenvalue weighted by Crippen LogP contribution is 2.27. The summed E-state index contributed by atoms with van der Waals surface area (Å²) in [6.45, 7) is 1.52. The Balaban J connectivity index is 1.66. The number of rotatable bonds is 7. The third kappa shape index (κ3) is 4.87. The average Bonchev–Trinajstić information content (AvgIpc) is 3.16. The van der Waals surface area contributed by atoms with Crippen molar-refractivity contribution >= 4 is 11.8 Å². The zero-order valence-corrected chi connectivity index (χ0v) is 12.9. The van der Waals surface area contributed by atoms with E-state index in [4.69, 9.17) is 4.42 Å². The molecule has 1 atom stereocenters. The van der Waals surface area contributed by atoms with Crippen LogP contribution in [0.3, 0.4) is 0 Å². The number of carbonyl (C=O) groups is 2. The van der Waals surface area contributed by atoms with Gasteiger partial charge in [-0.2, -0.15) is 0 Å². The van der Waals surface area contributed by atoms with E-state index in [1.54, 1.807) is 19.1 Å². The van der Waals surface area contributed by atoms with Crippen LogP contribution in [0.5, 0.6) is 0 Å². The molecule has 1 aliphatic carbocycles. The van der Waals surface area contributed by atoms with E-state index >= 15 is 0 Å². The van der Waals surface area contributed by atoms with Crippen molar-refractivity contribution in [3.05, 3.63) is 24.2 Å². The monoisotopic (exact) mass is 308 g/mol. The summed E-state index contributed by atoms with van der Waals surface area (Å²) in [5.41, 5.74) is -1.27. The van der Waals surface area contributed by atoms with Crippen LogP contribution in [-0.4, -0.2) is 30.0 Å². The fourth-order valence-corrected chi connectivity index (χ4v) is 2.73. The lowest BCUT2D eigenvalue weighted by atomic mass is 10.0. The molecule has 0 aliphatic heterocycles. The molecule has 2 rings (SSSR count). The van der Waals surface area contributed by atoms with Gasteiger partial charge in [0.1, 0.15) is 11.4 Å². The van der Waals surface area contributed by atoms with E-state index in [1.807, 2.05) is 0 Å². The lowest BCUT2D eigenvalue weighted by Gasteiger charge is -2.21. The van der Waals surface area contributed by atoms with Gasteiger partial charge in [0.25, 0.3) is 0 Å². The summed E-state index contributed by atoms with van der Waals surface area (Å²) in [5, 5.41) is 15.4. The van der Waals surface area contributed by atoms with E-state index < -0.39 is 5.60 Å². The van der Waals surface area contributed by atoms with Gasteiger partial charge < -0.3 is 20.2 Å². The van der Waals surface area contributed by atoms with Gasteiger partial charge in [0.2, 0.25) is 11.8 Å². The van der Waals surface area contributed by atoms with E-state index in [9.17, 15) is 14.7 Å². The van der Waals surface area contributed by atoms with E-state index in [-0.39, 0.29) is 24.9 Å². The number of hydrogen-bond donors (Lipinski definition) is 3. The maximum absolute atomic E-state index is 11.7. The molecule has 1 aromatic heterocycles. The van der Waals surface area contributed by atoms with Gasteiger partial charge in [-0.3, -0.25) is 9.59 Å². The zero-order chi connectivity index (χ0) is 16.0. The van der Waals surface area contributed by atoms with Crippen LogP contribution in [0.25, 0.3) is 0 Å². The van der Waals surface area contributed by atoms with Gasteiger partial charge in [-0.25, -0.2) is 0 Å². The number of aliphatic hydroxyl groups is 1. The quantitative estimate of drug-likeness (QED) is 0.708. The molecule has 0 aromatic carbocycles. The van der Waals surface area contributed by atoms with E-state index in [0.717, 1.165) is 12.8 Å². The fraction of sp³-hybridized carbons (Fsp3) is 0.625. The molecule has 0 saturated heterocycles. The van der Waals surface area contributed by atoms with Crippen molar-refractivity contribution in [2.24, 2.45) is 5.92 Å². The number of nitrogens with one attached hydrogen (secondary N) is 2. The number of hydrogen-bond acceptors (Lipinski definition) is 4. The molecule has 1 unspecified atom stereocenters. The van der Waals surface area contributed by atoms with Crippen molar-refractivity contribution in [1.82, 2.24) is 10.6 Å². The normalized spacial score (nSPS) is 17.9. The van der Waals surface area contributed by atoms with E-state index in [2.05, 4.69) is 10.6 Å². The first kappa shape index (κ1) is 16.5. The average molecular weight is 308 g/mol. The third-order valence-corrected chi connectivity index (χ3v) is 4.08. The minimum atomic E-state index is -1.27. The third-order valence-electron chi connectivity index (χ3n) is 4.08. The minimum absolute atomic E-state index is 0.0256. The Kier molecular flexibility index (Phi) is 5.60. The van der Waals surface area contributed by atoms with Crippen molar-refractivity contribution in [3.8, 4) is 0 Å². The van der Waals surface area contributed by atoms with Crippen molar-refractivity contribution in [1.29, 1.82) is 0 Å². The molecule has 1 saturated carbocycles. The topological polar surface area (TPSA) is 91.6 Å². The zero-order valence-electron chi connectivity index (χ0n) is 12.9. The highest BCUT2D eigenvalue weighted by Gasteiger charge is 2.26. The van der Waals surface area contributed by atoms with Gasteiger partial charge in [-0.05, 0) is 37.8 Å². The Morgan fingerprint density at radius 3 is 2.68 bits per heavy atom. The molecule has 0 bridgehead atoms. The molecule has 22 heavy (non-hydrogen) atoms. The van der Waals surface area contributed by atoms with Crippen LogP contribution in [-0.2, 0) is 15.2 Å². The summed E-state index contributed by atoms with van der Waals surface area (Å²) in [5.74, 6) is 0.437.